The van der Waals surface area contributed by atoms with Crippen LogP contribution in [0.5, 0.6) is 0 Å². The number of nitrogens with zero attached hydrogens (tertiary/aromatic N) is 3. The maximum Gasteiger partial charge on any atom is 0.242 e. The van der Waals surface area contributed by atoms with Crippen LogP contribution >= 0.6 is 11.3 Å². The van der Waals surface area contributed by atoms with Gasteiger partial charge in [0, 0.05) is 18.5 Å². The smallest absolute Gasteiger partial charge is 0.242 e. The molecule has 0 unspecified atom stereocenters. The Balaban J connectivity index is 2.20. The maximum absolute atomic E-state index is 12.3. The van der Waals surface area contributed by atoms with Crippen molar-refractivity contribution in [2.24, 2.45) is 12.8 Å². The highest BCUT2D eigenvalue weighted by molar-refractivity contribution is 7.89. The number of thiophene rings is 1. The molecule has 0 spiro atoms. The Morgan fingerprint density at radius 1 is 1.53 bits per heavy atom. The van der Waals surface area contributed by atoms with Gasteiger partial charge in [-0.05, 0) is 17.9 Å². The van der Waals surface area contributed by atoms with E-state index in [1.807, 2.05) is 0 Å². The molecule has 19 heavy (non-hydrogen) atoms. The van der Waals surface area contributed by atoms with Gasteiger partial charge in [-0.1, -0.05) is 0 Å². The minimum atomic E-state index is -3.59. The van der Waals surface area contributed by atoms with Crippen molar-refractivity contribution in [2.45, 2.75) is 24.9 Å². The van der Waals surface area contributed by atoms with Crippen LogP contribution in [0.2, 0.25) is 0 Å². The van der Waals surface area contributed by atoms with E-state index in [9.17, 15) is 8.42 Å². The van der Waals surface area contributed by atoms with Gasteiger partial charge in [0.05, 0.1) is 6.54 Å². The molecule has 0 bridgehead atoms. The van der Waals surface area contributed by atoms with Gasteiger partial charge in [0.25, 0.3) is 0 Å². The summed E-state index contributed by atoms with van der Waals surface area (Å²) in [6.45, 7) is 2.02. The molecule has 0 amide bonds. The minimum absolute atomic E-state index is 0.0580. The minimum Gasteiger partial charge on any atom is -0.326 e. The highest BCUT2D eigenvalue weighted by Crippen LogP contribution is 2.26. The number of hydrogen-bond acceptors (Lipinski definition) is 6. The van der Waals surface area contributed by atoms with Gasteiger partial charge < -0.3 is 5.73 Å². The molecule has 0 aliphatic heterocycles. The molecule has 0 saturated heterocycles. The second-order valence-electron chi connectivity index (χ2n) is 4.03. The monoisotopic (exact) mass is 301 g/mol. The van der Waals surface area contributed by atoms with E-state index in [0.717, 1.165) is 0 Å². The summed E-state index contributed by atoms with van der Waals surface area (Å²) >= 11 is 1.35. The van der Waals surface area contributed by atoms with Crippen molar-refractivity contribution in [3.8, 4) is 0 Å². The van der Waals surface area contributed by atoms with Crippen LogP contribution in [0.3, 0.4) is 0 Å². The highest BCUT2D eigenvalue weighted by Gasteiger charge is 2.22. The summed E-state index contributed by atoms with van der Waals surface area (Å²) in [4.78, 5) is 4.89. The maximum atomic E-state index is 12.3. The molecule has 2 aromatic heterocycles. The first-order chi connectivity index (χ1) is 8.94. The normalized spacial score (nSPS) is 11.9. The van der Waals surface area contributed by atoms with Gasteiger partial charge in [-0.2, -0.15) is 5.10 Å². The Morgan fingerprint density at radius 3 is 2.84 bits per heavy atom. The quantitative estimate of drug-likeness (QED) is 0.816. The summed E-state index contributed by atoms with van der Waals surface area (Å²) in [6.07, 6.45) is 1.52. The number of hydrogen-bond donors (Lipinski definition) is 2. The standard InChI is InChI=1S/C10H15N5O2S2/c1-7-5-18-8(3-11)10(7)19(16,17)13-4-9-12-6-15(2)14-9/h5-6,13H,3-4,11H2,1-2H3. The third-order valence-corrected chi connectivity index (χ3v) is 5.40. The fourth-order valence-corrected chi connectivity index (χ4v) is 4.36. The highest BCUT2D eigenvalue weighted by atomic mass is 32.2. The predicted molar refractivity (Wildman–Crippen MR) is 72.0 cm³/mol. The van der Waals surface area contributed by atoms with Gasteiger partial charge in [-0.3, -0.25) is 4.68 Å². The van der Waals surface area contributed by atoms with Crippen molar-refractivity contribution in [1.82, 2.24) is 19.5 Å². The second kappa shape index (κ2) is 5.37. The van der Waals surface area contributed by atoms with E-state index in [1.165, 1.54) is 22.3 Å². The van der Waals surface area contributed by atoms with E-state index in [4.69, 9.17) is 5.73 Å². The van der Waals surface area contributed by atoms with E-state index >= 15 is 0 Å². The first-order valence-corrected chi connectivity index (χ1v) is 7.91. The number of rotatable bonds is 5. The van der Waals surface area contributed by atoms with Gasteiger partial charge in [0.1, 0.15) is 11.2 Å². The Bertz CT molecular complexity index is 674. The second-order valence-corrected chi connectivity index (χ2v) is 6.70. The van der Waals surface area contributed by atoms with Crippen LogP contribution in [0.1, 0.15) is 16.3 Å². The van der Waals surface area contributed by atoms with Crippen LogP contribution in [0, 0.1) is 6.92 Å². The third-order valence-electron chi connectivity index (χ3n) is 2.51. The number of aryl methyl sites for hydroxylation is 2. The Labute approximate surface area is 115 Å². The van der Waals surface area contributed by atoms with E-state index in [2.05, 4.69) is 14.8 Å². The number of aromatic nitrogens is 3. The molecule has 2 rings (SSSR count). The van der Waals surface area contributed by atoms with Crippen LogP contribution < -0.4 is 10.5 Å². The molecule has 0 aliphatic rings. The van der Waals surface area contributed by atoms with Crippen molar-refractivity contribution in [3.05, 3.63) is 28.0 Å². The summed E-state index contributed by atoms with van der Waals surface area (Å²) in [5.74, 6) is 0.424. The van der Waals surface area contributed by atoms with Crippen LogP contribution in [0.25, 0.3) is 0 Å². The summed E-state index contributed by atoms with van der Waals surface area (Å²) in [6, 6.07) is 0. The molecule has 9 heteroatoms. The molecular formula is C10H15N5O2S2. The van der Waals surface area contributed by atoms with Crippen LogP contribution in [0.4, 0.5) is 0 Å². The van der Waals surface area contributed by atoms with E-state index in [-0.39, 0.29) is 18.0 Å². The predicted octanol–water partition coefficient (Wildman–Crippen LogP) is 0.122. The van der Waals surface area contributed by atoms with Crippen LogP contribution in [0.15, 0.2) is 16.6 Å². The molecular weight excluding hydrogens is 286 g/mol. The topological polar surface area (TPSA) is 103 Å². The molecule has 0 atom stereocenters. The third kappa shape index (κ3) is 3.00. The first-order valence-electron chi connectivity index (χ1n) is 5.55. The molecule has 0 aliphatic carbocycles. The largest absolute Gasteiger partial charge is 0.326 e. The molecule has 7 nitrogen and oxygen atoms in total. The van der Waals surface area contributed by atoms with Crippen molar-refractivity contribution in [3.63, 3.8) is 0 Å². The lowest BCUT2D eigenvalue weighted by Gasteiger charge is -2.06. The lowest BCUT2D eigenvalue weighted by atomic mass is 10.3. The number of sulfonamides is 1. The van der Waals surface area contributed by atoms with Crippen molar-refractivity contribution < 1.29 is 8.42 Å². The molecule has 2 heterocycles. The SMILES string of the molecule is Cc1csc(CN)c1S(=O)(=O)NCc1ncn(C)n1. The van der Waals surface area contributed by atoms with E-state index < -0.39 is 10.0 Å². The lowest BCUT2D eigenvalue weighted by molar-refractivity contribution is 0.577. The summed E-state index contributed by atoms with van der Waals surface area (Å²) in [5, 5.41) is 5.80. The molecule has 0 aromatic carbocycles. The summed E-state index contributed by atoms with van der Waals surface area (Å²) < 4.78 is 28.5. The number of nitrogens with two attached hydrogens (primary N) is 1. The van der Waals surface area contributed by atoms with Gasteiger partial charge in [-0.25, -0.2) is 18.1 Å². The van der Waals surface area contributed by atoms with E-state index in [1.54, 1.807) is 19.4 Å². The van der Waals surface area contributed by atoms with Gasteiger partial charge >= 0.3 is 0 Å². The fraction of sp³-hybridized carbons (Fsp3) is 0.400. The summed E-state index contributed by atoms with van der Waals surface area (Å²) in [7, 11) is -1.87. The Kier molecular flexibility index (Phi) is 3.99. The molecule has 2 aromatic rings. The van der Waals surface area contributed by atoms with Crippen molar-refractivity contribution in [2.75, 3.05) is 0 Å². The lowest BCUT2D eigenvalue weighted by Crippen LogP contribution is -2.25. The first kappa shape index (κ1) is 14.1. The van der Waals surface area contributed by atoms with Crippen molar-refractivity contribution >= 4 is 21.4 Å². The number of nitrogens with one attached hydrogen (secondary N) is 1. The zero-order chi connectivity index (χ0) is 14.0. The summed E-state index contributed by atoms with van der Waals surface area (Å²) in [5.41, 5.74) is 6.26. The molecule has 104 valence electrons. The Hall–Kier alpha value is -1.29. The van der Waals surface area contributed by atoms with Crippen LogP contribution in [-0.4, -0.2) is 23.2 Å². The molecule has 0 saturated carbocycles. The average Bonchev–Trinajstić information content (AvgIpc) is 2.93. The van der Waals surface area contributed by atoms with Gasteiger partial charge in [0.15, 0.2) is 5.82 Å². The van der Waals surface area contributed by atoms with Crippen LogP contribution in [-0.2, 0) is 30.2 Å². The Morgan fingerprint density at radius 2 is 2.26 bits per heavy atom. The van der Waals surface area contributed by atoms with Crippen molar-refractivity contribution in [1.29, 1.82) is 0 Å². The average molecular weight is 301 g/mol. The zero-order valence-electron chi connectivity index (χ0n) is 10.6. The molecule has 0 radical (unpaired) electrons. The molecule has 3 N–H and O–H groups in total. The van der Waals surface area contributed by atoms with Gasteiger partial charge in [0.2, 0.25) is 10.0 Å². The van der Waals surface area contributed by atoms with E-state index in [0.29, 0.717) is 16.3 Å². The fourth-order valence-electron chi connectivity index (χ4n) is 1.69. The van der Waals surface area contributed by atoms with Gasteiger partial charge in [-0.15, -0.1) is 11.3 Å². The zero-order valence-corrected chi connectivity index (χ0v) is 12.3. The molecule has 0 fully saturated rings.